The lowest BCUT2D eigenvalue weighted by Crippen LogP contribution is -2.26. The molecular weight excluding hydrogens is 258 g/mol. The fourth-order valence-corrected chi connectivity index (χ4v) is 2.99. The molecule has 0 bridgehead atoms. The first-order valence-corrected chi connectivity index (χ1v) is 7.76. The van der Waals surface area contributed by atoms with Crippen LogP contribution in [0.1, 0.15) is 36.9 Å². The largest absolute Gasteiger partial charge is 0.288 e. The van der Waals surface area contributed by atoms with Gasteiger partial charge in [-0.2, -0.15) is 0 Å². The maximum atomic E-state index is 4.18. The smallest absolute Gasteiger partial charge is 0.165 e. The summed E-state index contributed by atoms with van der Waals surface area (Å²) in [4.78, 5) is 3.92. The fraction of sp³-hybridized carbons (Fsp3) is 0.615. The molecule has 0 atom stereocenters. The van der Waals surface area contributed by atoms with E-state index in [-0.39, 0.29) is 0 Å². The van der Waals surface area contributed by atoms with Crippen LogP contribution in [0.3, 0.4) is 0 Å². The van der Waals surface area contributed by atoms with Crippen LogP contribution in [0.2, 0.25) is 0 Å². The summed E-state index contributed by atoms with van der Waals surface area (Å²) >= 11 is 1.82. The number of tetrazole rings is 1. The topological polar surface area (TPSA) is 46.8 Å². The van der Waals surface area contributed by atoms with Crippen molar-refractivity contribution >= 4 is 11.3 Å². The van der Waals surface area contributed by atoms with Gasteiger partial charge < -0.3 is 0 Å². The average molecular weight is 277 g/mol. The molecule has 2 aromatic heterocycles. The summed E-state index contributed by atoms with van der Waals surface area (Å²) in [5, 5.41) is 14.2. The molecule has 3 rings (SSSR count). The Morgan fingerprint density at radius 3 is 3.00 bits per heavy atom. The van der Waals surface area contributed by atoms with Crippen LogP contribution in [0.15, 0.2) is 17.5 Å². The Morgan fingerprint density at radius 1 is 1.42 bits per heavy atom. The molecule has 0 spiro atoms. The van der Waals surface area contributed by atoms with E-state index in [1.807, 2.05) is 16.0 Å². The van der Waals surface area contributed by atoms with E-state index in [1.165, 1.54) is 17.7 Å². The summed E-state index contributed by atoms with van der Waals surface area (Å²) in [6.45, 7) is 4.92. The molecule has 1 aliphatic carbocycles. The summed E-state index contributed by atoms with van der Waals surface area (Å²) in [6, 6.07) is 5.04. The minimum Gasteiger partial charge on any atom is -0.288 e. The summed E-state index contributed by atoms with van der Waals surface area (Å²) in [5.41, 5.74) is 0. The lowest BCUT2D eigenvalue weighted by Gasteiger charge is -2.20. The third kappa shape index (κ3) is 3.19. The van der Waals surface area contributed by atoms with E-state index < -0.39 is 0 Å². The van der Waals surface area contributed by atoms with Crippen LogP contribution in [0.25, 0.3) is 0 Å². The third-order valence-electron chi connectivity index (χ3n) is 3.39. The predicted octanol–water partition coefficient (Wildman–Crippen LogP) is 2.31. The maximum Gasteiger partial charge on any atom is 0.165 e. The molecule has 0 radical (unpaired) electrons. The summed E-state index contributed by atoms with van der Waals surface area (Å²) in [5.74, 6) is 0.991. The quantitative estimate of drug-likeness (QED) is 0.779. The van der Waals surface area contributed by atoms with Gasteiger partial charge in [0.15, 0.2) is 5.82 Å². The highest BCUT2D eigenvalue weighted by molar-refractivity contribution is 7.09. The van der Waals surface area contributed by atoms with Crippen molar-refractivity contribution in [3.05, 3.63) is 28.2 Å². The molecule has 1 fully saturated rings. The van der Waals surface area contributed by atoms with Crippen molar-refractivity contribution in [2.45, 2.75) is 51.9 Å². The van der Waals surface area contributed by atoms with Gasteiger partial charge in [0.25, 0.3) is 0 Å². The Labute approximate surface area is 117 Å². The van der Waals surface area contributed by atoms with E-state index in [4.69, 9.17) is 0 Å². The lowest BCUT2D eigenvalue weighted by atomic mass is 10.3. The van der Waals surface area contributed by atoms with Crippen molar-refractivity contribution in [1.82, 2.24) is 25.1 Å². The minimum atomic E-state index is 0.717. The highest BCUT2D eigenvalue weighted by Crippen LogP contribution is 2.30. The Hall–Kier alpha value is -1.27. The van der Waals surface area contributed by atoms with Gasteiger partial charge in [-0.25, -0.2) is 4.68 Å². The van der Waals surface area contributed by atoms with Gasteiger partial charge in [0.05, 0.1) is 6.54 Å². The van der Waals surface area contributed by atoms with Gasteiger partial charge in [0.1, 0.15) is 0 Å². The van der Waals surface area contributed by atoms with E-state index in [0.29, 0.717) is 6.04 Å². The van der Waals surface area contributed by atoms with Crippen molar-refractivity contribution in [2.75, 3.05) is 0 Å². The van der Waals surface area contributed by atoms with Crippen molar-refractivity contribution in [2.24, 2.45) is 0 Å². The third-order valence-corrected chi connectivity index (χ3v) is 4.25. The number of hydrogen-bond donors (Lipinski definition) is 0. The Balaban J connectivity index is 1.69. The summed E-state index contributed by atoms with van der Waals surface area (Å²) < 4.78 is 1.93. The highest BCUT2D eigenvalue weighted by Gasteiger charge is 2.30. The molecule has 0 saturated heterocycles. The fourth-order valence-electron chi connectivity index (χ4n) is 2.26. The van der Waals surface area contributed by atoms with Crippen LogP contribution < -0.4 is 0 Å². The molecule has 2 heterocycles. The standard InChI is InChI=1S/C13H19N5S/c1-2-7-18-13(14-15-16-18)10-17(11-5-6-11)9-12-4-3-8-19-12/h3-4,8,11H,2,5-7,9-10H2,1H3. The molecule has 0 aliphatic heterocycles. The number of aromatic nitrogens is 4. The van der Waals surface area contributed by atoms with Crippen LogP contribution in [-0.2, 0) is 19.6 Å². The van der Waals surface area contributed by atoms with Crippen LogP contribution in [0.4, 0.5) is 0 Å². The second-order valence-corrected chi connectivity index (χ2v) is 6.07. The van der Waals surface area contributed by atoms with Gasteiger partial charge in [-0.1, -0.05) is 13.0 Å². The van der Waals surface area contributed by atoms with E-state index in [0.717, 1.165) is 31.9 Å². The minimum absolute atomic E-state index is 0.717. The predicted molar refractivity (Wildman–Crippen MR) is 74.7 cm³/mol. The van der Waals surface area contributed by atoms with E-state index in [2.05, 4.69) is 44.9 Å². The van der Waals surface area contributed by atoms with E-state index in [9.17, 15) is 0 Å². The van der Waals surface area contributed by atoms with Crippen LogP contribution in [0, 0.1) is 0 Å². The first kappa shape index (κ1) is 12.7. The van der Waals surface area contributed by atoms with Crippen LogP contribution in [-0.4, -0.2) is 31.1 Å². The molecular formula is C13H19N5S. The number of aryl methyl sites for hydroxylation is 1. The van der Waals surface area contributed by atoms with Crippen molar-refractivity contribution < 1.29 is 0 Å². The monoisotopic (exact) mass is 277 g/mol. The second-order valence-electron chi connectivity index (χ2n) is 5.03. The first-order chi connectivity index (χ1) is 9.36. The second kappa shape index (κ2) is 5.79. The van der Waals surface area contributed by atoms with Gasteiger partial charge in [0, 0.05) is 24.0 Å². The van der Waals surface area contributed by atoms with Gasteiger partial charge in [-0.15, -0.1) is 16.4 Å². The molecule has 0 amide bonds. The molecule has 19 heavy (non-hydrogen) atoms. The number of rotatable bonds is 7. The van der Waals surface area contributed by atoms with Gasteiger partial charge >= 0.3 is 0 Å². The molecule has 0 N–H and O–H groups in total. The molecule has 0 unspecified atom stereocenters. The van der Waals surface area contributed by atoms with Gasteiger partial charge in [-0.05, 0) is 41.1 Å². The Bertz CT molecular complexity index is 503. The molecule has 0 aromatic carbocycles. The first-order valence-electron chi connectivity index (χ1n) is 6.88. The summed E-state index contributed by atoms with van der Waals surface area (Å²) in [7, 11) is 0. The highest BCUT2D eigenvalue weighted by atomic mass is 32.1. The Morgan fingerprint density at radius 2 is 2.32 bits per heavy atom. The zero-order valence-electron chi connectivity index (χ0n) is 11.2. The zero-order valence-corrected chi connectivity index (χ0v) is 12.0. The van der Waals surface area contributed by atoms with Crippen molar-refractivity contribution in [3.63, 3.8) is 0 Å². The molecule has 1 aliphatic rings. The van der Waals surface area contributed by atoms with Crippen molar-refractivity contribution in [1.29, 1.82) is 0 Å². The number of nitrogens with zero attached hydrogens (tertiary/aromatic N) is 5. The lowest BCUT2D eigenvalue weighted by molar-refractivity contribution is 0.236. The van der Waals surface area contributed by atoms with Crippen LogP contribution in [0.5, 0.6) is 0 Å². The zero-order chi connectivity index (χ0) is 13.1. The molecule has 6 heteroatoms. The van der Waals surface area contributed by atoms with Crippen LogP contribution >= 0.6 is 11.3 Å². The molecule has 102 valence electrons. The molecule has 5 nitrogen and oxygen atoms in total. The molecule has 2 aromatic rings. The van der Waals surface area contributed by atoms with Crippen molar-refractivity contribution in [3.8, 4) is 0 Å². The average Bonchev–Trinajstić information content (AvgIpc) is 2.96. The van der Waals surface area contributed by atoms with Gasteiger partial charge in [-0.3, -0.25) is 4.90 Å². The van der Waals surface area contributed by atoms with Gasteiger partial charge in [0.2, 0.25) is 0 Å². The maximum absolute atomic E-state index is 4.18. The number of thiophene rings is 1. The SMILES string of the molecule is CCCn1nnnc1CN(Cc1cccs1)C1CC1. The Kier molecular flexibility index (Phi) is 3.89. The normalized spacial score (nSPS) is 15.3. The number of hydrogen-bond acceptors (Lipinski definition) is 5. The summed E-state index contributed by atoms with van der Waals surface area (Å²) in [6.07, 6.45) is 3.67. The van der Waals surface area contributed by atoms with E-state index in [1.54, 1.807) is 0 Å². The van der Waals surface area contributed by atoms with E-state index >= 15 is 0 Å². The molecule has 1 saturated carbocycles.